The zero-order valence-electron chi connectivity index (χ0n) is 9.62. The molecule has 0 spiro atoms. The van der Waals surface area contributed by atoms with E-state index in [1.54, 1.807) is 0 Å². The minimum absolute atomic E-state index is 0.00880. The average Bonchev–Trinajstić information content (AvgIpc) is 2.32. The van der Waals surface area contributed by atoms with E-state index in [-0.39, 0.29) is 17.4 Å². The zero-order chi connectivity index (χ0) is 14.2. The van der Waals surface area contributed by atoms with Crippen molar-refractivity contribution in [2.75, 3.05) is 0 Å². The molecule has 1 aromatic carbocycles. The lowest BCUT2D eigenvalue weighted by Crippen LogP contribution is -2.34. The molecule has 1 N–H and O–H groups in total. The van der Waals surface area contributed by atoms with Gasteiger partial charge in [0.15, 0.2) is 0 Å². The van der Waals surface area contributed by atoms with Gasteiger partial charge >= 0.3 is 11.9 Å². The standard InChI is InChI=1S/C12H9F3N2O2/c1-2-5-17-10(18)8-4-3-7(12(13,14)15)6-9(8)16-11(17)19/h2-4,6H,1,5H2,(H,16,19). The number of nitrogens with one attached hydrogen (secondary N) is 1. The Labute approximate surface area is 104 Å². The molecule has 19 heavy (non-hydrogen) atoms. The van der Waals surface area contributed by atoms with Crippen LogP contribution in [0, 0.1) is 0 Å². The number of aromatic amines is 1. The van der Waals surface area contributed by atoms with Gasteiger partial charge in [0.2, 0.25) is 0 Å². The molecule has 0 aliphatic heterocycles. The normalized spacial score (nSPS) is 11.7. The molecular formula is C12H9F3N2O2. The van der Waals surface area contributed by atoms with Gasteiger partial charge in [0.1, 0.15) is 0 Å². The first kappa shape index (κ1) is 13.1. The molecule has 0 saturated carbocycles. The van der Waals surface area contributed by atoms with Crippen molar-refractivity contribution in [1.82, 2.24) is 9.55 Å². The highest BCUT2D eigenvalue weighted by Gasteiger charge is 2.30. The first-order valence-corrected chi connectivity index (χ1v) is 5.29. The molecule has 2 aromatic rings. The van der Waals surface area contributed by atoms with Gasteiger partial charge in [0.05, 0.1) is 16.5 Å². The van der Waals surface area contributed by atoms with Crippen LogP contribution in [0.1, 0.15) is 5.56 Å². The van der Waals surface area contributed by atoms with Crippen molar-refractivity contribution in [3.05, 3.63) is 57.3 Å². The van der Waals surface area contributed by atoms with Crippen molar-refractivity contribution < 1.29 is 13.2 Å². The lowest BCUT2D eigenvalue weighted by Gasteiger charge is -2.08. The molecule has 0 fully saturated rings. The summed E-state index contributed by atoms with van der Waals surface area (Å²) in [7, 11) is 0. The smallest absolute Gasteiger partial charge is 0.307 e. The van der Waals surface area contributed by atoms with Gasteiger partial charge in [-0.05, 0) is 18.2 Å². The van der Waals surface area contributed by atoms with Crippen LogP contribution in [0.2, 0.25) is 0 Å². The Kier molecular flexibility index (Phi) is 3.05. The number of nitrogens with zero attached hydrogens (tertiary/aromatic N) is 1. The van der Waals surface area contributed by atoms with Gasteiger partial charge in [-0.3, -0.25) is 9.36 Å². The Bertz CT molecular complexity index is 756. The van der Waals surface area contributed by atoms with Gasteiger partial charge in [0.25, 0.3) is 5.56 Å². The third-order valence-corrected chi connectivity index (χ3v) is 2.62. The Morgan fingerprint density at radius 3 is 2.58 bits per heavy atom. The summed E-state index contributed by atoms with van der Waals surface area (Å²) in [5, 5.41) is 0.0226. The fourth-order valence-electron chi connectivity index (χ4n) is 1.73. The number of benzene rings is 1. The fraction of sp³-hybridized carbons (Fsp3) is 0.167. The summed E-state index contributed by atoms with van der Waals surface area (Å²) in [6.07, 6.45) is -3.17. The van der Waals surface area contributed by atoms with E-state index in [1.165, 1.54) is 6.08 Å². The van der Waals surface area contributed by atoms with Crippen LogP contribution in [-0.2, 0) is 12.7 Å². The molecule has 0 amide bonds. The maximum Gasteiger partial charge on any atom is 0.416 e. The summed E-state index contributed by atoms with van der Waals surface area (Å²) < 4.78 is 38.4. The number of hydrogen-bond donors (Lipinski definition) is 1. The van der Waals surface area contributed by atoms with Crippen LogP contribution >= 0.6 is 0 Å². The molecule has 0 saturated heterocycles. The third kappa shape index (κ3) is 2.31. The van der Waals surface area contributed by atoms with Gasteiger partial charge in [-0.2, -0.15) is 13.2 Å². The maximum absolute atomic E-state index is 12.5. The highest BCUT2D eigenvalue weighted by atomic mass is 19.4. The molecule has 7 heteroatoms. The molecule has 100 valence electrons. The minimum atomic E-state index is -4.53. The number of rotatable bonds is 2. The molecule has 0 atom stereocenters. The second-order valence-electron chi connectivity index (χ2n) is 3.89. The van der Waals surface area contributed by atoms with Crippen molar-refractivity contribution >= 4 is 10.9 Å². The predicted octanol–water partition coefficient (Wildman–Crippen LogP) is 1.89. The van der Waals surface area contributed by atoms with Gasteiger partial charge in [-0.15, -0.1) is 6.58 Å². The van der Waals surface area contributed by atoms with Crippen molar-refractivity contribution in [3.8, 4) is 0 Å². The highest BCUT2D eigenvalue weighted by Crippen LogP contribution is 2.30. The Balaban J connectivity index is 2.78. The summed E-state index contributed by atoms with van der Waals surface area (Å²) in [5.41, 5.74) is -2.47. The molecule has 2 rings (SSSR count). The van der Waals surface area contributed by atoms with Crippen molar-refractivity contribution in [2.24, 2.45) is 0 Å². The van der Waals surface area contributed by atoms with E-state index >= 15 is 0 Å². The Morgan fingerprint density at radius 2 is 2.00 bits per heavy atom. The lowest BCUT2D eigenvalue weighted by molar-refractivity contribution is -0.137. The van der Waals surface area contributed by atoms with Gasteiger partial charge in [-0.1, -0.05) is 6.08 Å². The van der Waals surface area contributed by atoms with Crippen molar-refractivity contribution in [3.63, 3.8) is 0 Å². The first-order chi connectivity index (χ1) is 8.84. The molecule has 1 aromatic heterocycles. The first-order valence-electron chi connectivity index (χ1n) is 5.29. The number of halogens is 3. The van der Waals surface area contributed by atoms with Crippen LogP contribution in [0.15, 0.2) is 40.4 Å². The van der Waals surface area contributed by atoms with Crippen LogP contribution in [0.3, 0.4) is 0 Å². The van der Waals surface area contributed by atoms with E-state index in [4.69, 9.17) is 0 Å². The fourth-order valence-corrected chi connectivity index (χ4v) is 1.73. The molecule has 4 nitrogen and oxygen atoms in total. The van der Waals surface area contributed by atoms with E-state index < -0.39 is 23.0 Å². The molecule has 0 unspecified atom stereocenters. The Hall–Kier alpha value is -2.31. The van der Waals surface area contributed by atoms with Crippen molar-refractivity contribution in [2.45, 2.75) is 12.7 Å². The topological polar surface area (TPSA) is 54.9 Å². The molecule has 0 aliphatic carbocycles. The summed E-state index contributed by atoms with van der Waals surface area (Å²) in [6, 6.07) is 2.60. The van der Waals surface area contributed by atoms with E-state index in [0.717, 1.165) is 22.8 Å². The van der Waals surface area contributed by atoms with Gasteiger partial charge in [0, 0.05) is 6.54 Å². The second kappa shape index (κ2) is 4.42. The number of alkyl halides is 3. The average molecular weight is 270 g/mol. The number of aromatic nitrogens is 2. The molecule has 0 bridgehead atoms. The predicted molar refractivity (Wildman–Crippen MR) is 64.0 cm³/mol. The second-order valence-corrected chi connectivity index (χ2v) is 3.89. The molecule has 0 aliphatic rings. The zero-order valence-corrected chi connectivity index (χ0v) is 9.62. The van der Waals surface area contributed by atoms with Crippen LogP contribution in [0.25, 0.3) is 10.9 Å². The quantitative estimate of drug-likeness (QED) is 0.847. The number of hydrogen-bond acceptors (Lipinski definition) is 2. The highest BCUT2D eigenvalue weighted by molar-refractivity contribution is 5.78. The maximum atomic E-state index is 12.5. The summed E-state index contributed by atoms with van der Waals surface area (Å²) in [6.45, 7) is 3.39. The van der Waals surface area contributed by atoms with E-state index in [9.17, 15) is 22.8 Å². The summed E-state index contributed by atoms with van der Waals surface area (Å²) in [4.78, 5) is 25.8. The number of fused-ring (bicyclic) bond motifs is 1. The SMILES string of the molecule is C=CCn1c(=O)[nH]c2cc(C(F)(F)F)ccc2c1=O. The van der Waals surface area contributed by atoms with E-state index in [1.807, 2.05) is 0 Å². The van der Waals surface area contributed by atoms with Gasteiger partial charge in [-0.25, -0.2) is 4.79 Å². The molecular weight excluding hydrogens is 261 g/mol. The lowest BCUT2D eigenvalue weighted by atomic mass is 10.1. The molecule has 0 radical (unpaired) electrons. The van der Waals surface area contributed by atoms with Crippen LogP contribution in [-0.4, -0.2) is 9.55 Å². The number of H-pyrrole nitrogens is 1. The van der Waals surface area contributed by atoms with E-state index in [0.29, 0.717) is 0 Å². The van der Waals surface area contributed by atoms with Crippen molar-refractivity contribution in [1.29, 1.82) is 0 Å². The van der Waals surface area contributed by atoms with E-state index in [2.05, 4.69) is 11.6 Å². The van der Waals surface area contributed by atoms with Crippen LogP contribution in [0.5, 0.6) is 0 Å². The van der Waals surface area contributed by atoms with Gasteiger partial charge < -0.3 is 4.98 Å². The van der Waals surface area contributed by atoms with Crippen LogP contribution in [0.4, 0.5) is 13.2 Å². The Morgan fingerprint density at radius 1 is 1.32 bits per heavy atom. The van der Waals surface area contributed by atoms with Crippen LogP contribution < -0.4 is 11.2 Å². The minimum Gasteiger partial charge on any atom is -0.307 e. The monoisotopic (exact) mass is 270 g/mol. The summed E-state index contributed by atoms with van der Waals surface area (Å²) >= 11 is 0. The largest absolute Gasteiger partial charge is 0.416 e. The molecule has 1 heterocycles. The third-order valence-electron chi connectivity index (χ3n) is 2.62. The summed E-state index contributed by atoms with van der Waals surface area (Å²) in [5.74, 6) is 0. The number of allylic oxidation sites excluding steroid dienone is 1.